The highest BCUT2D eigenvalue weighted by Crippen LogP contribution is 2.50. The van der Waals surface area contributed by atoms with Gasteiger partial charge in [-0.05, 0) is 63.3 Å². The van der Waals surface area contributed by atoms with Gasteiger partial charge >= 0.3 is 0 Å². The number of ether oxygens (including phenoxy) is 1. The fraction of sp³-hybridized carbons (Fsp3) is 1.00. The second-order valence-corrected chi connectivity index (χ2v) is 6.65. The average molecular weight is 253 g/mol. The minimum atomic E-state index is -0.00214. The van der Waals surface area contributed by atoms with Crippen LogP contribution in [0.5, 0.6) is 0 Å². The minimum Gasteiger partial charge on any atom is -0.377 e. The number of likely N-dealkylation sites (N-methyl/N-ethyl adjacent to an activating group) is 1. The van der Waals surface area contributed by atoms with E-state index in [-0.39, 0.29) is 5.60 Å². The van der Waals surface area contributed by atoms with E-state index in [0.29, 0.717) is 6.04 Å². The minimum absolute atomic E-state index is 0.00214. The summed E-state index contributed by atoms with van der Waals surface area (Å²) in [7, 11) is 1.87. The summed E-state index contributed by atoms with van der Waals surface area (Å²) in [6, 6.07) is 0.516. The molecular formula is C16H31NO. The summed E-state index contributed by atoms with van der Waals surface area (Å²) in [5.41, 5.74) is -0.00214. The number of methoxy groups -OCH3 is 1. The van der Waals surface area contributed by atoms with E-state index < -0.39 is 0 Å². The van der Waals surface area contributed by atoms with Gasteiger partial charge in [0.05, 0.1) is 5.60 Å². The Morgan fingerprint density at radius 1 is 1.28 bits per heavy atom. The van der Waals surface area contributed by atoms with Crippen molar-refractivity contribution in [2.24, 2.45) is 17.8 Å². The van der Waals surface area contributed by atoms with Crippen LogP contribution in [0.1, 0.15) is 59.3 Å². The van der Waals surface area contributed by atoms with E-state index >= 15 is 0 Å². The molecule has 0 saturated heterocycles. The first-order valence-corrected chi connectivity index (χ1v) is 7.91. The lowest BCUT2D eigenvalue weighted by Gasteiger charge is -2.39. The van der Waals surface area contributed by atoms with Crippen molar-refractivity contribution in [3.05, 3.63) is 0 Å². The summed E-state index contributed by atoms with van der Waals surface area (Å²) < 4.78 is 5.83. The third-order valence-corrected chi connectivity index (χ3v) is 5.78. The third-order valence-electron chi connectivity index (χ3n) is 5.78. The molecule has 2 nitrogen and oxygen atoms in total. The van der Waals surface area contributed by atoms with Crippen molar-refractivity contribution in [3.8, 4) is 0 Å². The molecule has 2 aliphatic rings. The van der Waals surface area contributed by atoms with Gasteiger partial charge in [-0.25, -0.2) is 0 Å². The Morgan fingerprint density at radius 3 is 2.50 bits per heavy atom. The fourth-order valence-electron chi connectivity index (χ4n) is 4.30. The molecule has 1 N–H and O–H groups in total. The molecule has 0 radical (unpaired) electrons. The maximum atomic E-state index is 5.83. The van der Waals surface area contributed by atoms with Crippen molar-refractivity contribution >= 4 is 0 Å². The molecule has 0 aromatic rings. The van der Waals surface area contributed by atoms with Gasteiger partial charge in [-0.15, -0.1) is 0 Å². The highest BCUT2D eigenvalue weighted by molar-refractivity contribution is 4.96. The molecule has 2 rings (SSSR count). The van der Waals surface area contributed by atoms with Crippen molar-refractivity contribution in [2.75, 3.05) is 13.7 Å². The molecule has 5 unspecified atom stereocenters. The van der Waals surface area contributed by atoms with E-state index in [1.807, 2.05) is 7.11 Å². The van der Waals surface area contributed by atoms with Gasteiger partial charge in [0.1, 0.15) is 0 Å². The number of rotatable bonds is 7. The Morgan fingerprint density at radius 2 is 2.06 bits per heavy atom. The number of hydrogen-bond donors (Lipinski definition) is 1. The Labute approximate surface area is 113 Å². The van der Waals surface area contributed by atoms with Gasteiger partial charge in [0.25, 0.3) is 0 Å². The summed E-state index contributed by atoms with van der Waals surface area (Å²) in [6.45, 7) is 7.77. The molecule has 5 atom stereocenters. The van der Waals surface area contributed by atoms with Gasteiger partial charge in [0.15, 0.2) is 0 Å². The molecule has 106 valence electrons. The zero-order valence-electron chi connectivity index (χ0n) is 12.7. The van der Waals surface area contributed by atoms with Crippen LogP contribution in [0.25, 0.3) is 0 Å². The monoisotopic (exact) mass is 253 g/mol. The normalized spacial score (nSPS) is 35.7. The van der Waals surface area contributed by atoms with Gasteiger partial charge in [0.2, 0.25) is 0 Å². The number of hydrogen-bond acceptors (Lipinski definition) is 2. The zero-order chi connectivity index (χ0) is 13.2. The highest BCUT2D eigenvalue weighted by atomic mass is 16.5. The largest absolute Gasteiger partial charge is 0.377 e. The van der Waals surface area contributed by atoms with Crippen LogP contribution in [0, 0.1) is 17.8 Å². The van der Waals surface area contributed by atoms with Crippen LogP contribution in [0.2, 0.25) is 0 Å². The zero-order valence-corrected chi connectivity index (χ0v) is 12.7. The Bertz CT molecular complexity index is 262. The first-order chi connectivity index (χ1) is 8.62. The third kappa shape index (κ3) is 2.75. The molecule has 2 aliphatic carbocycles. The van der Waals surface area contributed by atoms with Gasteiger partial charge in [-0.3, -0.25) is 0 Å². The van der Waals surface area contributed by atoms with Crippen molar-refractivity contribution in [2.45, 2.75) is 70.9 Å². The first-order valence-electron chi connectivity index (χ1n) is 7.91. The summed E-state index contributed by atoms with van der Waals surface area (Å²) in [5, 5.41) is 3.69. The van der Waals surface area contributed by atoms with E-state index in [2.05, 4.69) is 26.1 Å². The van der Waals surface area contributed by atoms with Gasteiger partial charge in [0, 0.05) is 13.2 Å². The lowest BCUT2D eigenvalue weighted by Crippen LogP contribution is -2.51. The Kier molecular flexibility index (Phi) is 4.71. The van der Waals surface area contributed by atoms with Crippen LogP contribution in [0.4, 0.5) is 0 Å². The second-order valence-electron chi connectivity index (χ2n) is 6.65. The number of nitrogens with one attached hydrogen (secondary N) is 1. The number of fused-ring (bicyclic) bond motifs is 2. The maximum absolute atomic E-state index is 5.83. The Balaban J connectivity index is 1.97. The molecule has 18 heavy (non-hydrogen) atoms. The lowest BCUT2D eigenvalue weighted by molar-refractivity contribution is -0.0366. The average Bonchev–Trinajstić information content (AvgIpc) is 2.99. The van der Waals surface area contributed by atoms with E-state index in [9.17, 15) is 0 Å². The first kappa shape index (κ1) is 14.3. The van der Waals surface area contributed by atoms with Gasteiger partial charge in [-0.1, -0.05) is 20.3 Å². The van der Waals surface area contributed by atoms with Gasteiger partial charge in [-0.2, -0.15) is 0 Å². The van der Waals surface area contributed by atoms with E-state index in [1.54, 1.807) is 0 Å². The lowest BCUT2D eigenvalue weighted by atomic mass is 9.79. The van der Waals surface area contributed by atoms with Gasteiger partial charge < -0.3 is 10.1 Å². The smallest absolute Gasteiger partial charge is 0.0800 e. The molecule has 2 fully saturated rings. The maximum Gasteiger partial charge on any atom is 0.0800 e. The van der Waals surface area contributed by atoms with Crippen molar-refractivity contribution in [3.63, 3.8) is 0 Å². The van der Waals surface area contributed by atoms with E-state index in [1.165, 1.54) is 32.1 Å². The summed E-state index contributed by atoms with van der Waals surface area (Å²) in [5.74, 6) is 3.03. The molecule has 2 heteroatoms. The fourth-order valence-corrected chi connectivity index (χ4v) is 4.30. The molecule has 2 saturated carbocycles. The molecule has 0 heterocycles. The van der Waals surface area contributed by atoms with Crippen molar-refractivity contribution in [1.82, 2.24) is 5.32 Å². The molecule has 0 spiro atoms. The summed E-state index contributed by atoms with van der Waals surface area (Å²) in [6.07, 6.45) is 8.39. The topological polar surface area (TPSA) is 21.3 Å². The standard InChI is InChI=1S/C16H31NO/c1-5-16(3,18-4)15(17-6-2)11-14-10-12-7-8-13(14)9-12/h12-15,17H,5-11H2,1-4H3. The highest BCUT2D eigenvalue weighted by Gasteiger charge is 2.42. The molecule has 2 bridgehead atoms. The van der Waals surface area contributed by atoms with Crippen molar-refractivity contribution < 1.29 is 4.74 Å². The molecule has 0 aromatic carbocycles. The second kappa shape index (κ2) is 5.92. The van der Waals surface area contributed by atoms with Crippen molar-refractivity contribution in [1.29, 1.82) is 0 Å². The SMILES string of the molecule is CCNC(CC1CC2CCC1C2)C(C)(CC)OC. The van der Waals surface area contributed by atoms with Crippen LogP contribution in [0.15, 0.2) is 0 Å². The van der Waals surface area contributed by atoms with Crippen LogP contribution in [0.3, 0.4) is 0 Å². The molecular weight excluding hydrogens is 222 g/mol. The predicted octanol–water partition coefficient (Wildman–Crippen LogP) is 3.61. The van der Waals surface area contributed by atoms with E-state index in [0.717, 1.165) is 30.7 Å². The van der Waals surface area contributed by atoms with Crippen LogP contribution in [-0.4, -0.2) is 25.3 Å². The summed E-state index contributed by atoms with van der Waals surface area (Å²) in [4.78, 5) is 0. The van der Waals surface area contributed by atoms with Crippen LogP contribution >= 0.6 is 0 Å². The molecule has 0 amide bonds. The van der Waals surface area contributed by atoms with Crippen LogP contribution < -0.4 is 5.32 Å². The summed E-state index contributed by atoms with van der Waals surface area (Å²) >= 11 is 0. The predicted molar refractivity (Wildman–Crippen MR) is 76.7 cm³/mol. The Hall–Kier alpha value is -0.0800. The molecule has 0 aliphatic heterocycles. The van der Waals surface area contributed by atoms with Crippen LogP contribution in [-0.2, 0) is 4.74 Å². The quantitative estimate of drug-likeness (QED) is 0.748. The van der Waals surface area contributed by atoms with E-state index in [4.69, 9.17) is 4.74 Å². The molecule has 0 aromatic heterocycles.